The molecule has 1 nitrogen and oxygen atoms in total. The molecule has 0 spiro atoms. The van der Waals surface area contributed by atoms with Crippen LogP contribution in [0.4, 0.5) is 17.6 Å². The van der Waals surface area contributed by atoms with E-state index in [4.69, 9.17) is 4.74 Å². The molecule has 0 bridgehead atoms. The highest BCUT2D eigenvalue weighted by molar-refractivity contribution is 5.39. The van der Waals surface area contributed by atoms with Crippen molar-refractivity contribution in [1.29, 1.82) is 0 Å². The molecule has 1 atom stereocenters. The summed E-state index contributed by atoms with van der Waals surface area (Å²) in [5, 5.41) is 0. The normalized spacial score (nSPS) is 17.1. The van der Waals surface area contributed by atoms with Crippen molar-refractivity contribution in [2.45, 2.75) is 18.8 Å². The number of para-hydroxylation sites is 1. The topological polar surface area (TPSA) is 9.23 Å². The van der Waals surface area contributed by atoms with Crippen molar-refractivity contribution < 1.29 is 22.3 Å². The Bertz CT molecular complexity index is 422. The van der Waals surface area contributed by atoms with E-state index in [0.29, 0.717) is 0 Å². The number of rotatable bonds is 1. The third-order valence-electron chi connectivity index (χ3n) is 2.26. The number of hydrogen-bond acceptors (Lipinski definition) is 1. The molecule has 1 aromatic rings. The average molecular weight is 232 g/mol. The molecular weight excluding hydrogens is 224 g/mol. The maximum absolute atomic E-state index is 13.0. The minimum atomic E-state index is -4.92. The number of benzene rings is 1. The zero-order valence-corrected chi connectivity index (χ0v) is 8.09. The molecule has 0 aliphatic carbocycles. The first-order chi connectivity index (χ1) is 7.48. The Morgan fingerprint density at radius 3 is 2.56 bits per heavy atom. The Morgan fingerprint density at radius 1 is 1.19 bits per heavy atom. The van der Waals surface area contributed by atoms with E-state index in [2.05, 4.69) is 0 Å². The van der Waals surface area contributed by atoms with E-state index in [1.165, 1.54) is 6.07 Å². The lowest BCUT2D eigenvalue weighted by Crippen LogP contribution is -2.29. The van der Waals surface area contributed by atoms with Crippen LogP contribution in [0.3, 0.4) is 0 Å². The quantitative estimate of drug-likeness (QED) is 0.674. The van der Waals surface area contributed by atoms with E-state index in [9.17, 15) is 17.6 Å². The molecule has 1 aliphatic rings. The van der Waals surface area contributed by atoms with Crippen LogP contribution in [-0.4, -0.2) is 12.3 Å². The molecule has 1 aromatic carbocycles. The lowest BCUT2D eigenvalue weighted by atomic mass is 10.1. The molecule has 1 unspecified atom stereocenters. The van der Waals surface area contributed by atoms with Crippen molar-refractivity contribution in [1.82, 2.24) is 0 Å². The van der Waals surface area contributed by atoms with Crippen molar-refractivity contribution in [2.24, 2.45) is 0 Å². The summed E-state index contributed by atoms with van der Waals surface area (Å²) < 4.78 is 54.2. The highest BCUT2D eigenvalue weighted by atomic mass is 19.4. The van der Waals surface area contributed by atoms with Crippen LogP contribution in [-0.2, 0) is 6.42 Å². The van der Waals surface area contributed by atoms with Gasteiger partial charge in [0.05, 0.1) is 0 Å². The number of halogens is 4. The third kappa shape index (κ3) is 2.03. The summed E-state index contributed by atoms with van der Waals surface area (Å²) in [7, 11) is 0. The number of allylic oxidation sites excluding steroid dienone is 2. The summed E-state index contributed by atoms with van der Waals surface area (Å²) in [6.45, 7) is 0. The van der Waals surface area contributed by atoms with Crippen LogP contribution >= 0.6 is 0 Å². The summed E-state index contributed by atoms with van der Waals surface area (Å²) in [5.41, 5.74) is 0.751. The number of fused-ring (bicyclic) bond motifs is 1. The molecule has 1 aliphatic heterocycles. The van der Waals surface area contributed by atoms with Crippen molar-refractivity contribution >= 4 is 0 Å². The number of ether oxygens (including phenoxy) is 1. The van der Waals surface area contributed by atoms with E-state index in [-0.39, 0.29) is 12.2 Å². The smallest absolute Gasteiger partial charge is 0.427 e. The van der Waals surface area contributed by atoms with Crippen LogP contribution in [0.5, 0.6) is 5.75 Å². The molecule has 16 heavy (non-hydrogen) atoms. The van der Waals surface area contributed by atoms with Gasteiger partial charge < -0.3 is 4.74 Å². The summed E-state index contributed by atoms with van der Waals surface area (Å²) in [5.74, 6) is -0.391. The Labute approximate surface area is 89.3 Å². The zero-order chi connectivity index (χ0) is 11.8. The van der Waals surface area contributed by atoms with Crippen LogP contribution in [0.2, 0.25) is 0 Å². The average Bonchev–Trinajstić information content (AvgIpc) is 2.26. The van der Waals surface area contributed by atoms with Gasteiger partial charge >= 0.3 is 6.18 Å². The van der Waals surface area contributed by atoms with Gasteiger partial charge in [0, 0.05) is 0 Å². The first kappa shape index (κ1) is 11.0. The Morgan fingerprint density at radius 2 is 1.88 bits per heavy atom. The maximum atomic E-state index is 13.0. The van der Waals surface area contributed by atoms with E-state index >= 15 is 0 Å². The fourth-order valence-electron chi connectivity index (χ4n) is 1.47. The van der Waals surface area contributed by atoms with E-state index < -0.39 is 18.1 Å². The fourth-order valence-corrected chi connectivity index (χ4v) is 1.47. The van der Waals surface area contributed by atoms with Gasteiger partial charge in [-0.1, -0.05) is 18.2 Å². The lowest BCUT2D eigenvalue weighted by molar-refractivity contribution is -0.175. The molecule has 1 heterocycles. The number of alkyl halides is 4. The van der Waals surface area contributed by atoms with Gasteiger partial charge in [-0.2, -0.15) is 13.2 Å². The SMILES string of the molecule is FC(C1=CCc2ccccc2O1)C(F)(F)F. The summed E-state index contributed by atoms with van der Waals surface area (Å²) >= 11 is 0. The van der Waals surface area contributed by atoms with Gasteiger partial charge in [0.1, 0.15) is 11.5 Å². The summed E-state index contributed by atoms with van der Waals surface area (Å²) in [4.78, 5) is 0. The Kier molecular flexibility index (Phi) is 2.61. The van der Waals surface area contributed by atoms with Crippen LogP contribution in [0.15, 0.2) is 36.1 Å². The molecule has 2 rings (SSSR count). The monoisotopic (exact) mass is 232 g/mol. The molecule has 86 valence electrons. The number of hydrogen-bond donors (Lipinski definition) is 0. The van der Waals surface area contributed by atoms with Crippen LogP contribution in [0, 0.1) is 0 Å². The van der Waals surface area contributed by atoms with Gasteiger partial charge in [0.25, 0.3) is 6.17 Å². The third-order valence-corrected chi connectivity index (χ3v) is 2.26. The molecule has 5 heteroatoms. The molecule has 0 N–H and O–H groups in total. The van der Waals surface area contributed by atoms with Gasteiger partial charge in [-0.3, -0.25) is 0 Å². The Balaban J connectivity index is 2.21. The predicted molar refractivity (Wildman–Crippen MR) is 49.8 cm³/mol. The van der Waals surface area contributed by atoms with Gasteiger partial charge in [-0.25, -0.2) is 4.39 Å². The van der Waals surface area contributed by atoms with Gasteiger partial charge in [0.2, 0.25) is 0 Å². The fraction of sp³-hybridized carbons (Fsp3) is 0.273. The van der Waals surface area contributed by atoms with Gasteiger partial charge in [-0.15, -0.1) is 0 Å². The van der Waals surface area contributed by atoms with Gasteiger partial charge in [-0.05, 0) is 24.1 Å². The molecule has 0 amide bonds. The van der Waals surface area contributed by atoms with Crippen LogP contribution < -0.4 is 4.74 Å². The second-order valence-electron chi connectivity index (χ2n) is 3.42. The summed E-state index contributed by atoms with van der Waals surface area (Å²) in [6.07, 6.45) is -6.60. The highest BCUT2D eigenvalue weighted by Gasteiger charge is 2.44. The van der Waals surface area contributed by atoms with Gasteiger partial charge in [0.15, 0.2) is 0 Å². The summed E-state index contributed by atoms with van der Waals surface area (Å²) in [6, 6.07) is 6.62. The maximum Gasteiger partial charge on any atom is 0.427 e. The molecule has 0 saturated heterocycles. The van der Waals surface area contributed by atoms with Crippen LogP contribution in [0.1, 0.15) is 5.56 Å². The van der Waals surface area contributed by atoms with E-state index in [1.807, 2.05) is 0 Å². The first-order valence-electron chi connectivity index (χ1n) is 4.65. The zero-order valence-electron chi connectivity index (χ0n) is 8.09. The second kappa shape index (κ2) is 3.81. The molecular formula is C11H8F4O. The standard InChI is InChI=1S/C11H8F4O/c12-10(11(13,14)15)9-6-5-7-3-1-2-4-8(7)16-9/h1-4,6,10H,5H2. The highest BCUT2D eigenvalue weighted by Crippen LogP contribution is 2.34. The first-order valence-corrected chi connectivity index (χ1v) is 4.65. The molecule has 0 aromatic heterocycles. The van der Waals surface area contributed by atoms with E-state index in [1.54, 1.807) is 18.2 Å². The lowest BCUT2D eigenvalue weighted by Gasteiger charge is -2.21. The molecule has 0 radical (unpaired) electrons. The largest absolute Gasteiger partial charge is 0.458 e. The van der Waals surface area contributed by atoms with Crippen LogP contribution in [0.25, 0.3) is 0 Å². The minimum absolute atomic E-state index is 0.252. The minimum Gasteiger partial charge on any atom is -0.458 e. The molecule has 0 saturated carbocycles. The van der Waals surface area contributed by atoms with E-state index in [0.717, 1.165) is 11.6 Å². The second-order valence-corrected chi connectivity index (χ2v) is 3.42. The van der Waals surface area contributed by atoms with Crippen molar-refractivity contribution in [2.75, 3.05) is 0 Å². The molecule has 0 fully saturated rings. The van der Waals surface area contributed by atoms with Crippen molar-refractivity contribution in [3.05, 3.63) is 41.7 Å². The van der Waals surface area contributed by atoms with Crippen molar-refractivity contribution in [3.8, 4) is 5.75 Å². The predicted octanol–water partition coefficient (Wildman–Crippen LogP) is 3.41. The Hall–Kier alpha value is -1.52. The van der Waals surface area contributed by atoms with Crippen molar-refractivity contribution in [3.63, 3.8) is 0 Å².